The first kappa shape index (κ1) is 17.1. The number of fused-ring (bicyclic) bond motifs is 1. The smallest absolute Gasteiger partial charge is 0.293 e. The maximum absolute atomic E-state index is 11.4. The summed E-state index contributed by atoms with van der Waals surface area (Å²) >= 11 is 0. The number of nitro benzene ring substituents is 1. The highest BCUT2D eigenvalue weighted by atomic mass is 32.2. The van der Waals surface area contributed by atoms with Gasteiger partial charge in [0.1, 0.15) is 5.52 Å². The summed E-state index contributed by atoms with van der Waals surface area (Å²) in [6, 6.07) is 14.2. The van der Waals surface area contributed by atoms with Gasteiger partial charge < -0.3 is 4.98 Å². The summed E-state index contributed by atoms with van der Waals surface area (Å²) in [6.07, 6.45) is -0.0124. The number of hydrogen-bond acceptors (Lipinski definition) is 4. The molecule has 2 aromatic carbocycles. The van der Waals surface area contributed by atoms with Crippen molar-refractivity contribution in [2.75, 3.05) is 0 Å². The van der Waals surface area contributed by atoms with E-state index in [2.05, 4.69) is 4.98 Å². The lowest BCUT2D eigenvalue weighted by Crippen LogP contribution is -2.19. The monoisotopic (exact) mass is 360 g/mol. The molecule has 7 nitrogen and oxygen atoms in total. The van der Waals surface area contributed by atoms with E-state index in [-0.39, 0.29) is 12.1 Å². The van der Waals surface area contributed by atoms with Gasteiger partial charge in [-0.25, -0.2) is 0 Å². The van der Waals surface area contributed by atoms with E-state index in [0.717, 1.165) is 11.3 Å². The van der Waals surface area contributed by atoms with E-state index in [4.69, 9.17) is 4.55 Å². The van der Waals surface area contributed by atoms with Gasteiger partial charge in [-0.2, -0.15) is 8.42 Å². The number of nitrogens with zero attached hydrogens (tertiary/aromatic N) is 1. The molecule has 25 heavy (non-hydrogen) atoms. The standard InChI is InChI=1S/C17H16N2O5S/c1-11(25(22,23)24)7-12-8-14-10-15(13-5-3-2-4-6-13)18-17(14)16(9-12)19(20)21/h2-6,8-11,18H,7H2,1H3,(H,22,23,24). The predicted molar refractivity (Wildman–Crippen MR) is 95.1 cm³/mol. The molecule has 1 unspecified atom stereocenters. The Bertz CT molecular complexity index is 1040. The number of aromatic amines is 1. The third-order valence-electron chi connectivity index (χ3n) is 4.08. The minimum absolute atomic E-state index is 0.0124. The molecule has 1 atom stereocenters. The van der Waals surface area contributed by atoms with Crippen molar-refractivity contribution in [3.05, 3.63) is 64.2 Å². The van der Waals surface area contributed by atoms with E-state index in [1.54, 1.807) is 12.1 Å². The zero-order valence-corrected chi connectivity index (χ0v) is 14.2. The summed E-state index contributed by atoms with van der Waals surface area (Å²) in [6.45, 7) is 1.36. The van der Waals surface area contributed by atoms with Crippen LogP contribution in [-0.2, 0) is 16.5 Å². The minimum Gasteiger partial charge on any atom is -0.349 e. The van der Waals surface area contributed by atoms with Crippen molar-refractivity contribution in [1.82, 2.24) is 4.98 Å². The molecule has 2 N–H and O–H groups in total. The molecule has 0 spiro atoms. The van der Waals surface area contributed by atoms with Crippen LogP contribution in [0.1, 0.15) is 12.5 Å². The quantitative estimate of drug-likeness (QED) is 0.410. The molecular weight excluding hydrogens is 344 g/mol. The Kier molecular flexibility index (Phi) is 4.32. The lowest BCUT2D eigenvalue weighted by molar-refractivity contribution is -0.383. The molecular formula is C17H16N2O5S. The van der Waals surface area contributed by atoms with Crippen molar-refractivity contribution in [3.8, 4) is 11.3 Å². The number of benzene rings is 2. The highest BCUT2D eigenvalue weighted by molar-refractivity contribution is 7.86. The Morgan fingerprint density at radius 3 is 2.48 bits per heavy atom. The molecule has 0 saturated heterocycles. The predicted octanol–water partition coefficient (Wildman–Crippen LogP) is 3.56. The summed E-state index contributed by atoms with van der Waals surface area (Å²) in [7, 11) is -4.20. The molecule has 0 aliphatic heterocycles. The normalized spacial score (nSPS) is 13.0. The van der Waals surface area contributed by atoms with Crippen LogP contribution in [0.4, 0.5) is 5.69 Å². The Hall–Kier alpha value is -2.71. The SMILES string of the molecule is CC(Cc1cc([N+](=O)[O-])c2[nH]c(-c3ccccc3)cc2c1)S(=O)(=O)O. The van der Waals surface area contributed by atoms with Crippen LogP contribution in [0.15, 0.2) is 48.5 Å². The number of rotatable bonds is 5. The zero-order valence-electron chi connectivity index (χ0n) is 13.3. The van der Waals surface area contributed by atoms with Crippen LogP contribution in [0.2, 0.25) is 0 Å². The third kappa shape index (κ3) is 3.54. The zero-order chi connectivity index (χ0) is 18.2. The highest BCUT2D eigenvalue weighted by Gasteiger charge is 2.22. The first-order chi connectivity index (χ1) is 11.8. The Morgan fingerprint density at radius 2 is 1.88 bits per heavy atom. The van der Waals surface area contributed by atoms with Crippen LogP contribution in [0, 0.1) is 10.1 Å². The van der Waals surface area contributed by atoms with Gasteiger partial charge in [0.25, 0.3) is 15.8 Å². The molecule has 0 saturated carbocycles. The van der Waals surface area contributed by atoms with Crippen LogP contribution in [-0.4, -0.2) is 28.1 Å². The summed E-state index contributed by atoms with van der Waals surface area (Å²) in [5.74, 6) is 0. The van der Waals surface area contributed by atoms with Crippen molar-refractivity contribution in [3.63, 3.8) is 0 Å². The van der Waals surface area contributed by atoms with E-state index in [9.17, 15) is 18.5 Å². The summed E-state index contributed by atoms with van der Waals surface area (Å²) in [5.41, 5.74) is 2.35. The average Bonchev–Trinajstić information content (AvgIpc) is 2.97. The van der Waals surface area contributed by atoms with Gasteiger partial charge in [0.15, 0.2) is 0 Å². The van der Waals surface area contributed by atoms with E-state index in [1.165, 1.54) is 13.0 Å². The lowest BCUT2D eigenvalue weighted by Gasteiger charge is -2.08. The van der Waals surface area contributed by atoms with Crippen molar-refractivity contribution >= 4 is 26.7 Å². The van der Waals surface area contributed by atoms with E-state index in [1.807, 2.05) is 30.3 Å². The molecule has 0 bridgehead atoms. The van der Waals surface area contributed by atoms with Crippen LogP contribution >= 0.6 is 0 Å². The van der Waals surface area contributed by atoms with Gasteiger partial charge in [0, 0.05) is 17.1 Å². The second-order valence-electron chi connectivity index (χ2n) is 5.92. The largest absolute Gasteiger partial charge is 0.349 e. The molecule has 3 rings (SSSR count). The van der Waals surface area contributed by atoms with Crippen molar-refractivity contribution < 1.29 is 17.9 Å². The molecule has 0 aliphatic carbocycles. The molecule has 0 aliphatic rings. The maximum atomic E-state index is 11.4. The first-order valence-corrected chi connectivity index (χ1v) is 9.08. The number of nitrogens with one attached hydrogen (secondary N) is 1. The molecule has 0 amide bonds. The fourth-order valence-corrected chi connectivity index (χ4v) is 3.16. The summed E-state index contributed by atoms with van der Waals surface area (Å²) in [5, 5.41) is 11.0. The van der Waals surface area contributed by atoms with Gasteiger partial charge in [-0.15, -0.1) is 0 Å². The fraction of sp³-hybridized carbons (Fsp3) is 0.176. The number of non-ortho nitro benzene ring substituents is 1. The maximum Gasteiger partial charge on any atom is 0.293 e. The number of H-pyrrole nitrogens is 1. The lowest BCUT2D eigenvalue weighted by atomic mass is 10.1. The van der Waals surface area contributed by atoms with Crippen molar-refractivity contribution in [2.24, 2.45) is 0 Å². The Morgan fingerprint density at radius 1 is 1.20 bits per heavy atom. The fourth-order valence-electron chi connectivity index (χ4n) is 2.76. The van der Waals surface area contributed by atoms with E-state index in [0.29, 0.717) is 16.5 Å². The van der Waals surface area contributed by atoms with E-state index >= 15 is 0 Å². The molecule has 8 heteroatoms. The molecule has 130 valence electrons. The van der Waals surface area contributed by atoms with Crippen LogP contribution in [0.25, 0.3) is 22.2 Å². The molecule has 0 radical (unpaired) electrons. The number of nitro groups is 1. The van der Waals surface area contributed by atoms with E-state index < -0.39 is 20.3 Å². The van der Waals surface area contributed by atoms with Gasteiger partial charge >= 0.3 is 0 Å². The summed E-state index contributed by atoms with van der Waals surface area (Å²) in [4.78, 5) is 14.0. The molecule has 1 aromatic heterocycles. The van der Waals surface area contributed by atoms with Gasteiger partial charge in [-0.05, 0) is 36.6 Å². The molecule has 0 fully saturated rings. The Balaban J connectivity index is 2.12. The molecule has 3 aromatic rings. The van der Waals surface area contributed by atoms with Crippen molar-refractivity contribution in [2.45, 2.75) is 18.6 Å². The Labute approximate surface area is 144 Å². The topological polar surface area (TPSA) is 113 Å². The van der Waals surface area contributed by atoms with Gasteiger partial charge in [0.2, 0.25) is 0 Å². The number of hydrogen-bond donors (Lipinski definition) is 2. The minimum atomic E-state index is -4.20. The van der Waals surface area contributed by atoms with Crippen LogP contribution in [0.5, 0.6) is 0 Å². The van der Waals surface area contributed by atoms with Gasteiger partial charge in [-0.3, -0.25) is 14.7 Å². The first-order valence-electron chi connectivity index (χ1n) is 7.57. The second-order valence-corrected chi connectivity index (χ2v) is 7.75. The highest BCUT2D eigenvalue weighted by Crippen LogP contribution is 2.32. The second kappa shape index (κ2) is 6.30. The van der Waals surface area contributed by atoms with Gasteiger partial charge in [-0.1, -0.05) is 30.3 Å². The number of aromatic nitrogens is 1. The van der Waals surface area contributed by atoms with Crippen LogP contribution < -0.4 is 0 Å². The molecule has 1 heterocycles. The van der Waals surface area contributed by atoms with Gasteiger partial charge in [0.05, 0.1) is 10.2 Å². The van der Waals surface area contributed by atoms with Crippen LogP contribution in [0.3, 0.4) is 0 Å². The van der Waals surface area contributed by atoms with Crippen molar-refractivity contribution in [1.29, 1.82) is 0 Å². The average molecular weight is 360 g/mol. The third-order valence-corrected chi connectivity index (χ3v) is 5.26. The summed E-state index contributed by atoms with van der Waals surface area (Å²) < 4.78 is 31.6.